The van der Waals surface area contributed by atoms with E-state index in [2.05, 4.69) is 34.2 Å². The first kappa shape index (κ1) is 12.6. The summed E-state index contributed by atoms with van der Waals surface area (Å²) in [6, 6.07) is 2.49. The predicted octanol–water partition coefficient (Wildman–Crippen LogP) is 0.780. The predicted molar refractivity (Wildman–Crippen MR) is 76.1 cm³/mol. The van der Waals surface area contributed by atoms with Gasteiger partial charge in [-0.3, -0.25) is 0 Å². The second-order valence-electron chi connectivity index (χ2n) is 5.66. The van der Waals surface area contributed by atoms with Gasteiger partial charge < -0.3 is 15.2 Å². The van der Waals surface area contributed by atoms with E-state index in [9.17, 15) is 0 Å². The lowest BCUT2D eigenvalue weighted by atomic mass is 10.2. The lowest BCUT2D eigenvalue weighted by Gasteiger charge is -2.38. The van der Waals surface area contributed by atoms with Crippen molar-refractivity contribution in [1.82, 2.24) is 14.9 Å². The third-order valence-corrected chi connectivity index (χ3v) is 4.10. The van der Waals surface area contributed by atoms with Crippen LogP contribution in [0.2, 0.25) is 0 Å². The van der Waals surface area contributed by atoms with Gasteiger partial charge in [-0.1, -0.05) is 0 Å². The van der Waals surface area contributed by atoms with Gasteiger partial charge in [0.2, 0.25) is 0 Å². The number of rotatable bonds is 3. The van der Waals surface area contributed by atoms with Crippen LogP contribution in [-0.4, -0.2) is 47.6 Å². The van der Waals surface area contributed by atoms with Crippen molar-refractivity contribution in [1.29, 1.82) is 0 Å². The van der Waals surface area contributed by atoms with Crippen molar-refractivity contribution in [2.45, 2.75) is 31.7 Å². The summed E-state index contributed by atoms with van der Waals surface area (Å²) in [6.07, 6.45) is 2.40. The van der Waals surface area contributed by atoms with Crippen molar-refractivity contribution < 1.29 is 0 Å². The van der Waals surface area contributed by atoms with E-state index >= 15 is 0 Å². The van der Waals surface area contributed by atoms with Crippen LogP contribution in [0, 0.1) is 0 Å². The number of hydrogen-bond donors (Lipinski definition) is 2. The highest BCUT2D eigenvalue weighted by Crippen LogP contribution is 2.39. The van der Waals surface area contributed by atoms with Gasteiger partial charge in [0.05, 0.1) is 0 Å². The molecule has 2 fully saturated rings. The number of anilines is 2. The van der Waals surface area contributed by atoms with E-state index in [0.29, 0.717) is 12.0 Å². The molecule has 1 atom stereocenters. The zero-order chi connectivity index (χ0) is 13.4. The molecule has 0 radical (unpaired) electrons. The van der Waals surface area contributed by atoms with Crippen molar-refractivity contribution in [3.63, 3.8) is 0 Å². The smallest absolute Gasteiger partial charge is 0.145 e. The summed E-state index contributed by atoms with van der Waals surface area (Å²) in [5.41, 5.74) is 2.66. The summed E-state index contributed by atoms with van der Waals surface area (Å²) >= 11 is 0. The van der Waals surface area contributed by atoms with Crippen molar-refractivity contribution in [2.75, 3.05) is 37.0 Å². The second kappa shape index (κ2) is 4.94. The molecule has 0 amide bonds. The van der Waals surface area contributed by atoms with Crippen LogP contribution in [0.3, 0.4) is 0 Å². The number of nitrogens with one attached hydrogen (secondary N) is 1. The number of nitrogens with two attached hydrogens (primary N) is 1. The van der Waals surface area contributed by atoms with E-state index in [1.165, 1.54) is 12.8 Å². The van der Waals surface area contributed by atoms with Crippen molar-refractivity contribution >= 4 is 11.6 Å². The molecule has 1 aliphatic heterocycles. The van der Waals surface area contributed by atoms with E-state index in [-0.39, 0.29) is 0 Å². The number of nitrogen functional groups attached to an aromatic ring is 1. The molecule has 2 aliphatic rings. The Bertz CT molecular complexity index is 458. The highest BCUT2D eigenvalue weighted by Gasteiger charge is 2.29. The molecule has 1 saturated carbocycles. The molecule has 2 heterocycles. The normalized spacial score (nSPS) is 24.6. The Labute approximate surface area is 114 Å². The maximum atomic E-state index is 5.52. The van der Waals surface area contributed by atoms with Crippen LogP contribution in [0.4, 0.5) is 11.6 Å². The van der Waals surface area contributed by atoms with Gasteiger partial charge in [-0.2, -0.15) is 0 Å². The summed E-state index contributed by atoms with van der Waals surface area (Å²) in [6.45, 7) is 5.32. The fraction of sp³-hybridized carbons (Fsp3) is 0.692. The van der Waals surface area contributed by atoms with E-state index in [0.717, 1.165) is 37.1 Å². The average molecular weight is 262 g/mol. The van der Waals surface area contributed by atoms with Crippen LogP contribution in [0.25, 0.3) is 0 Å². The fourth-order valence-electron chi connectivity index (χ4n) is 2.47. The zero-order valence-corrected chi connectivity index (χ0v) is 11.6. The Morgan fingerprint density at radius 2 is 2.11 bits per heavy atom. The molecule has 0 aromatic carbocycles. The summed E-state index contributed by atoms with van der Waals surface area (Å²) in [4.78, 5) is 13.9. The van der Waals surface area contributed by atoms with Gasteiger partial charge in [0.15, 0.2) is 0 Å². The number of nitrogens with zero attached hydrogens (tertiary/aromatic N) is 4. The SMILES string of the molecule is CC1CN(c2cc(NN)nc(C3CC3)n2)CCN1C. The van der Waals surface area contributed by atoms with Crippen LogP contribution < -0.4 is 16.2 Å². The van der Waals surface area contributed by atoms with Crippen molar-refractivity contribution in [3.8, 4) is 0 Å². The van der Waals surface area contributed by atoms with Gasteiger partial charge in [-0.05, 0) is 26.8 Å². The van der Waals surface area contributed by atoms with Crippen molar-refractivity contribution in [3.05, 3.63) is 11.9 Å². The summed E-state index contributed by atoms with van der Waals surface area (Å²) in [7, 11) is 2.17. The number of piperazine rings is 1. The number of hydrazine groups is 1. The van der Waals surface area contributed by atoms with Crippen LogP contribution >= 0.6 is 0 Å². The second-order valence-corrected chi connectivity index (χ2v) is 5.66. The first-order valence-electron chi connectivity index (χ1n) is 6.98. The molecule has 3 rings (SSSR count). The maximum absolute atomic E-state index is 5.52. The third kappa shape index (κ3) is 2.64. The van der Waals surface area contributed by atoms with E-state index in [1.807, 2.05) is 6.07 Å². The summed E-state index contributed by atoms with van der Waals surface area (Å²) in [5.74, 6) is 8.73. The molecule has 6 heteroatoms. The first-order chi connectivity index (χ1) is 9.17. The molecule has 0 spiro atoms. The molecule has 104 valence electrons. The molecule has 1 aromatic heterocycles. The monoisotopic (exact) mass is 262 g/mol. The van der Waals surface area contributed by atoms with Gasteiger partial charge in [-0.25, -0.2) is 15.8 Å². The lowest BCUT2D eigenvalue weighted by molar-refractivity contribution is 0.233. The minimum Gasteiger partial charge on any atom is -0.354 e. The van der Waals surface area contributed by atoms with Gasteiger partial charge in [0.1, 0.15) is 17.5 Å². The largest absolute Gasteiger partial charge is 0.354 e. The topological polar surface area (TPSA) is 70.3 Å². The van der Waals surface area contributed by atoms with Crippen LogP contribution in [-0.2, 0) is 0 Å². The summed E-state index contributed by atoms with van der Waals surface area (Å²) < 4.78 is 0. The quantitative estimate of drug-likeness (QED) is 0.619. The Hall–Kier alpha value is -1.40. The fourth-order valence-corrected chi connectivity index (χ4v) is 2.47. The zero-order valence-electron chi connectivity index (χ0n) is 11.6. The molecule has 1 aliphatic carbocycles. The van der Waals surface area contributed by atoms with E-state index in [4.69, 9.17) is 10.8 Å². The number of aromatic nitrogens is 2. The summed E-state index contributed by atoms with van der Waals surface area (Å²) in [5, 5.41) is 0. The average Bonchev–Trinajstić information content (AvgIpc) is 3.26. The van der Waals surface area contributed by atoms with Crippen molar-refractivity contribution in [2.24, 2.45) is 5.84 Å². The molecule has 0 bridgehead atoms. The lowest BCUT2D eigenvalue weighted by Crippen LogP contribution is -2.50. The van der Waals surface area contributed by atoms with Gasteiger partial charge in [0, 0.05) is 37.7 Å². The highest BCUT2D eigenvalue weighted by atomic mass is 15.3. The molecular weight excluding hydrogens is 240 g/mol. The van der Waals surface area contributed by atoms with Gasteiger partial charge in [0.25, 0.3) is 0 Å². The standard InChI is InChI=1S/C13H22N6/c1-9-8-19(6-5-18(9)2)12-7-11(17-14)15-13(16-12)10-3-4-10/h7,9-10H,3-6,8,14H2,1-2H3,(H,15,16,17). The minimum absolute atomic E-state index is 0.539. The Morgan fingerprint density at radius 3 is 2.74 bits per heavy atom. The molecular formula is C13H22N6. The molecule has 1 saturated heterocycles. The minimum atomic E-state index is 0.539. The molecule has 1 aromatic rings. The molecule has 1 unspecified atom stereocenters. The maximum Gasteiger partial charge on any atom is 0.145 e. The number of hydrogen-bond acceptors (Lipinski definition) is 6. The van der Waals surface area contributed by atoms with Gasteiger partial charge in [-0.15, -0.1) is 0 Å². The molecule has 19 heavy (non-hydrogen) atoms. The Morgan fingerprint density at radius 1 is 1.32 bits per heavy atom. The molecule has 6 nitrogen and oxygen atoms in total. The third-order valence-electron chi connectivity index (χ3n) is 4.10. The van der Waals surface area contributed by atoms with E-state index in [1.54, 1.807) is 0 Å². The van der Waals surface area contributed by atoms with E-state index < -0.39 is 0 Å². The highest BCUT2D eigenvalue weighted by molar-refractivity contribution is 5.50. The van der Waals surface area contributed by atoms with Crippen LogP contribution in [0.1, 0.15) is 31.5 Å². The van der Waals surface area contributed by atoms with Gasteiger partial charge >= 0.3 is 0 Å². The number of likely N-dealkylation sites (N-methyl/N-ethyl adjacent to an activating group) is 1. The Balaban J connectivity index is 1.84. The van der Waals surface area contributed by atoms with Crippen LogP contribution in [0.5, 0.6) is 0 Å². The Kier molecular flexibility index (Phi) is 3.28. The van der Waals surface area contributed by atoms with Crippen LogP contribution in [0.15, 0.2) is 6.07 Å². The molecule has 3 N–H and O–H groups in total. The first-order valence-corrected chi connectivity index (χ1v) is 6.98.